The van der Waals surface area contributed by atoms with Gasteiger partial charge in [0.2, 0.25) is 0 Å². The molecule has 0 aliphatic heterocycles. The van der Waals surface area contributed by atoms with Gasteiger partial charge in [-0.25, -0.2) is 4.79 Å². The van der Waals surface area contributed by atoms with Crippen molar-refractivity contribution in [2.24, 2.45) is 23.7 Å². The standard InChI is InChI=1S/C11H10O3/c12-10-8(11(13)14)4-7-5-1-2-6(3-5)9(7)10/h1-2,4-7,9H,3H2,(H,13,14)/t5-,6+,7+,9-/m0/s1. The number of hydrogen-bond donors (Lipinski definition) is 1. The molecule has 0 amide bonds. The van der Waals surface area contributed by atoms with Crippen molar-refractivity contribution in [3.8, 4) is 0 Å². The van der Waals surface area contributed by atoms with Crippen molar-refractivity contribution < 1.29 is 14.7 Å². The van der Waals surface area contributed by atoms with Gasteiger partial charge in [-0.15, -0.1) is 0 Å². The average Bonchev–Trinajstić information content (AvgIpc) is 2.75. The molecule has 0 heterocycles. The summed E-state index contributed by atoms with van der Waals surface area (Å²) in [6.45, 7) is 0. The van der Waals surface area contributed by atoms with Crippen LogP contribution in [0.2, 0.25) is 0 Å². The van der Waals surface area contributed by atoms with E-state index in [1.165, 1.54) is 0 Å². The molecule has 3 nitrogen and oxygen atoms in total. The summed E-state index contributed by atoms with van der Waals surface area (Å²) in [7, 11) is 0. The molecule has 0 spiro atoms. The summed E-state index contributed by atoms with van der Waals surface area (Å²) in [6, 6.07) is 0. The lowest BCUT2D eigenvalue weighted by atomic mass is 9.85. The maximum absolute atomic E-state index is 11.7. The van der Waals surface area contributed by atoms with Crippen LogP contribution in [0.5, 0.6) is 0 Å². The zero-order chi connectivity index (χ0) is 9.87. The largest absolute Gasteiger partial charge is 0.478 e. The molecule has 2 bridgehead atoms. The van der Waals surface area contributed by atoms with E-state index in [2.05, 4.69) is 12.2 Å². The third kappa shape index (κ3) is 0.775. The Morgan fingerprint density at radius 3 is 2.71 bits per heavy atom. The highest BCUT2D eigenvalue weighted by Gasteiger charge is 2.52. The molecule has 0 saturated heterocycles. The fourth-order valence-electron chi connectivity index (χ4n) is 3.09. The van der Waals surface area contributed by atoms with E-state index in [0.717, 1.165) is 6.42 Å². The number of carboxylic acids is 1. The minimum absolute atomic E-state index is 0.0124. The fraction of sp³-hybridized carbons (Fsp3) is 0.455. The lowest BCUT2D eigenvalue weighted by Crippen LogP contribution is -2.22. The first-order valence-corrected chi connectivity index (χ1v) is 4.86. The number of rotatable bonds is 1. The number of allylic oxidation sites excluding steroid dienone is 3. The first-order chi connectivity index (χ1) is 6.68. The maximum atomic E-state index is 11.7. The summed E-state index contributed by atoms with van der Waals surface area (Å²) >= 11 is 0. The number of hydrogen-bond acceptors (Lipinski definition) is 2. The van der Waals surface area contributed by atoms with Crippen molar-refractivity contribution in [2.45, 2.75) is 6.42 Å². The molecule has 14 heavy (non-hydrogen) atoms. The first-order valence-electron chi connectivity index (χ1n) is 4.86. The van der Waals surface area contributed by atoms with Crippen LogP contribution in [0.15, 0.2) is 23.8 Å². The van der Waals surface area contributed by atoms with E-state index in [1.54, 1.807) is 6.08 Å². The molecule has 0 aromatic carbocycles. The van der Waals surface area contributed by atoms with E-state index in [4.69, 9.17) is 5.11 Å². The van der Waals surface area contributed by atoms with Gasteiger partial charge in [-0.2, -0.15) is 0 Å². The molecule has 3 aliphatic rings. The summed E-state index contributed by atoms with van der Waals surface area (Å²) in [5.41, 5.74) is 0.0124. The van der Waals surface area contributed by atoms with Crippen molar-refractivity contribution in [1.29, 1.82) is 0 Å². The molecule has 72 valence electrons. The lowest BCUT2D eigenvalue weighted by Gasteiger charge is -2.17. The highest BCUT2D eigenvalue weighted by atomic mass is 16.4. The third-order valence-electron chi connectivity index (χ3n) is 3.68. The van der Waals surface area contributed by atoms with E-state index in [9.17, 15) is 9.59 Å². The average molecular weight is 190 g/mol. The minimum Gasteiger partial charge on any atom is -0.478 e. The van der Waals surface area contributed by atoms with Crippen LogP contribution in [0.1, 0.15) is 6.42 Å². The maximum Gasteiger partial charge on any atom is 0.339 e. The highest BCUT2D eigenvalue weighted by molar-refractivity contribution is 6.19. The molecular weight excluding hydrogens is 180 g/mol. The Hall–Kier alpha value is -1.38. The van der Waals surface area contributed by atoms with Gasteiger partial charge in [0, 0.05) is 5.92 Å². The van der Waals surface area contributed by atoms with Crippen LogP contribution in [0, 0.1) is 23.7 Å². The molecule has 3 aliphatic carbocycles. The summed E-state index contributed by atoms with van der Waals surface area (Å²) in [4.78, 5) is 22.5. The molecule has 0 aromatic rings. The van der Waals surface area contributed by atoms with Crippen molar-refractivity contribution in [3.05, 3.63) is 23.8 Å². The normalized spacial score (nSPS) is 42.9. The smallest absolute Gasteiger partial charge is 0.339 e. The van der Waals surface area contributed by atoms with Crippen molar-refractivity contribution in [1.82, 2.24) is 0 Å². The van der Waals surface area contributed by atoms with E-state index in [-0.39, 0.29) is 23.2 Å². The van der Waals surface area contributed by atoms with E-state index >= 15 is 0 Å². The molecular formula is C11H10O3. The van der Waals surface area contributed by atoms with Gasteiger partial charge in [-0.1, -0.05) is 18.2 Å². The van der Waals surface area contributed by atoms with Crippen LogP contribution >= 0.6 is 0 Å². The molecule has 3 rings (SSSR count). The summed E-state index contributed by atoms with van der Waals surface area (Å²) in [5, 5.41) is 8.82. The monoisotopic (exact) mass is 190 g/mol. The highest BCUT2D eigenvalue weighted by Crippen LogP contribution is 2.52. The number of aliphatic carboxylic acids is 1. The second-order valence-corrected chi connectivity index (χ2v) is 4.30. The number of fused-ring (bicyclic) bond motifs is 5. The van der Waals surface area contributed by atoms with Gasteiger partial charge in [0.15, 0.2) is 5.78 Å². The van der Waals surface area contributed by atoms with Gasteiger partial charge in [0.25, 0.3) is 0 Å². The topological polar surface area (TPSA) is 54.4 Å². The Bertz CT molecular complexity index is 391. The predicted molar refractivity (Wildman–Crippen MR) is 48.4 cm³/mol. The molecule has 4 atom stereocenters. The molecule has 3 heteroatoms. The van der Waals surface area contributed by atoms with E-state index < -0.39 is 5.97 Å². The summed E-state index contributed by atoms with van der Waals surface area (Å²) < 4.78 is 0. The molecule has 0 radical (unpaired) electrons. The van der Waals surface area contributed by atoms with Crippen LogP contribution in [0.4, 0.5) is 0 Å². The quantitative estimate of drug-likeness (QED) is 0.496. The Balaban J connectivity index is 2.02. The van der Waals surface area contributed by atoms with Gasteiger partial charge in [0.1, 0.15) is 0 Å². The van der Waals surface area contributed by atoms with E-state index in [0.29, 0.717) is 11.8 Å². The number of carboxylic acid groups (broad SMARTS) is 1. The van der Waals surface area contributed by atoms with Gasteiger partial charge < -0.3 is 5.11 Å². The fourth-order valence-corrected chi connectivity index (χ4v) is 3.09. The summed E-state index contributed by atoms with van der Waals surface area (Å²) in [6.07, 6.45) is 6.90. The Morgan fingerprint density at radius 2 is 2.07 bits per heavy atom. The molecule has 0 unspecified atom stereocenters. The molecule has 1 N–H and O–H groups in total. The third-order valence-corrected chi connectivity index (χ3v) is 3.68. The minimum atomic E-state index is -1.07. The Kier molecular flexibility index (Phi) is 1.34. The van der Waals surface area contributed by atoms with Gasteiger partial charge in [0.05, 0.1) is 5.57 Å². The van der Waals surface area contributed by atoms with Gasteiger partial charge in [-0.3, -0.25) is 4.79 Å². The van der Waals surface area contributed by atoms with Crippen molar-refractivity contribution in [3.63, 3.8) is 0 Å². The van der Waals surface area contributed by atoms with E-state index in [1.807, 2.05) is 0 Å². The number of ketones is 1. The second-order valence-electron chi connectivity index (χ2n) is 4.30. The van der Waals surface area contributed by atoms with Crippen LogP contribution < -0.4 is 0 Å². The predicted octanol–water partition coefficient (Wildman–Crippen LogP) is 1.02. The van der Waals surface area contributed by atoms with Gasteiger partial charge in [-0.05, 0) is 24.2 Å². The second kappa shape index (κ2) is 2.35. The number of carbonyl (C=O) groups is 2. The van der Waals surface area contributed by atoms with Crippen molar-refractivity contribution >= 4 is 11.8 Å². The number of carbonyl (C=O) groups excluding carboxylic acids is 1. The SMILES string of the molecule is O=C(O)C1=C[C@H]2[C@@H](C1=O)[C@@H]1C=C[C@H]2C1. The molecule has 1 fully saturated rings. The Labute approximate surface area is 81.1 Å². The van der Waals surface area contributed by atoms with Gasteiger partial charge >= 0.3 is 5.97 Å². The molecule has 1 saturated carbocycles. The zero-order valence-corrected chi connectivity index (χ0v) is 7.51. The number of Topliss-reactive ketones (excluding diaryl/α,β-unsaturated/α-hetero) is 1. The Morgan fingerprint density at radius 1 is 1.36 bits per heavy atom. The van der Waals surface area contributed by atoms with Crippen LogP contribution in [0.3, 0.4) is 0 Å². The van der Waals surface area contributed by atoms with Crippen molar-refractivity contribution in [2.75, 3.05) is 0 Å². The van der Waals surface area contributed by atoms with Crippen LogP contribution in [0.25, 0.3) is 0 Å². The van der Waals surface area contributed by atoms with Crippen LogP contribution in [-0.4, -0.2) is 16.9 Å². The molecule has 0 aromatic heterocycles. The lowest BCUT2D eigenvalue weighted by molar-refractivity contribution is -0.135. The summed E-state index contributed by atoms with van der Waals surface area (Å²) in [5.74, 6) is -0.403. The first kappa shape index (κ1) is 7.97. The zero-order valence-electron chi connectivity index (χ0n) is 7.51. The van der Waals surface area contributed by atoms with Crippen LogP contribution in [-0.2, 0) is 9.59 Å².